The van der Waals surface area contributed by atoms with Gasteiger partial charge in [0.05, 0.1) is 16.5 Å². The maximum atomic E-state index is 10.9. The van der Waals surface area contributed by atoms with Gasteiger partial charge in [0.25, 0.3) is 0 Å². The van der Waals surface area contributed by atoms with E-state index in [1.165, 1.54) is 11.3 Å². The highest BCUT2D eigenvalue weighted by Crippen LogP contribution is 2.21. The highest BCUT2D eigenvalue weighted by atomic mass is 32.2. The lowest BCUT2D eigenvalue weighted by atomic mass is 10.6. The zero-order valence-electron chi connectivity index (χ0n) is 5.75. The fourth-order valence-electron chi connectivity index (χ4n) is 0.669. The second-order valence-corrected chi connectivity index (χ2v) is 4.48. The van der Waals surface area contributed by atoms with Gasteiger partial charge in [0.2, 0.25) is 0 Å². The van der Waals surface area contributed by atoms with E-state index in [9.17, 15) is 4.21 Å². The molecule has 0 fully saturated rings. The lowest BCUT2D eigenvalue weighted by molar-refractivity contribution is 0.687. The molecule has 0 amide bonds. The van der Waals surface area contributed by atoms with E-state index in [0.717, 1.165) is 9.90 Å². The van der Waals surface area contributed by atoms with Crippen LogP contribution < -0.4 is 5.73 Å². The van der Waals surface area contributed by atoms with Crippen molar-refractivity contribution in [1.82, 2.24) is 4.98 Å². The van der Waals surface area contributed by atoms with Gasteiger partial charge in [0.1, 0.15) is 4.21 Å². The van der Waals surface area contributed by atoms with Crippen molar-refractivity contribution in [1.29, 1.82) is 0 Å². The van der Waals surface area contributed by atoms with Crippen LogP contribution in [-0.2, 0) is 10.8 Å². The summed E-state index contributed by atoms with van der Waals surface area (Å²) in [4.78, 5) is 3.94. The summed E-state index contributed by atoms with van der Waals surface area (Å²) in [5.41, 5.74) is 6.17. The second kappa shape index (κ2) is 2.67. The molecule has 0 saturated heterocycles. The number of rotatable bonds is 1. The molecule has 1 heterocycles. The van der Waals surface area contributed by atoms with Crippen molar-refractivity contribution in [2.75, 3.05) is 12.0 Å². The maximum absolute atomic E-state index is 10.9. The Balaban J connectivity index is 3.15. The van der Waals surface area contributed by atoms with E-state index >= 15 is 0 Å². The average molecular weight is 176 g/mol. The van der Waals surface area contributed by atoms with E-state index in [1.807, 2.05) is 6.92 Å². The Morgan fingerprint density at radius 1 is 1.70 bits per heavy atom. The van der Waals surface area contributed by atoms with Crippen molar-refractivity contribution < 1.29 is 4.21 Å². The number of hydrogen-bond donors (Lipinski definition) is 1. The molecule has 1 atom stereocenters. The highest BCUT2D eigenvalue weighted by Gasteiger charge is 2.07. The van der Waals surface area contributed by atoms with E-state index in [0.29, 0.717) is 5.13 Å². The average Bonchev–Trinajstić information content (AvgIpc) is 2.10. The Morgan fingerprint density at radius 3 is 2.50 bits per heavy atom. The topological polar surface area (TPSA) is 56.0 Å². The summed E-state index contributed by atoms with van der Waals surface area (Å²) in [6, 6.07) is 0. The minimum atomic E-state index is -0.944. The van der Waals surface area contributed by atoms with Crippen molar-refractivity contribution in [3.8, 4) is 0 Å². The SMILES string of the molecule is Cc1nc(N)sc1S(C)=O. The first-order valence-electron chi connectivity index (χ1n) is 2.67. The van der Waals surface area contributed by atoms with E-state index in [-0.39, 0.29) is 0 Å². The minimum absolute atomic E-state index is 0.489. The Kier molecular flexibility index (Phi) is 2.05. The van der Waals surface area contributed by atoms with Gasteiger partial charge in [-0.25, -0.2) is 4.98 Å². The summed E-state index contributed by atoms with van der Waals surface area (Å²) in [6.45, 7) is 1.81. The Labute approximate surface area is 65.7 Å². The van der Waals surface area contributed by atoms with Crippen LogP contribution in [0.3, 0.4) is 0 Å². The lowest BCUT2D eigenvalue weighted by Gasteiger charge is -1.86. The predicted octanol–water partition coefficient (Wildman–Crippen LogP) is 0.771. The van der Waals surface area contributed by atoms with Gasteiger partial charge >= 0.3 is 0 Å². The number of anilines is 1. The van der Waals surface area contributed by atoms with E-state index in [4.69, 9.17) is 5.73 Å². The molecule has 0 aliphatic heterocycles. The molecule has 0 aromatic carbocycles. The van der Waals surface area contributed by atoms with Gasteiger partial charge in [-0.15, -0.1) is 0 Å². The van der Waals surface area contributed by atoms with Gasteiger partial charge in [0, 0.05) is 6.26 Å². The van der Waals surface area contributed by atoms with E-state index < -0.39 is 10.8 Å². The van der Waals surface area contributed by atoms with Crippen molar-refractivity contribution in [3.63, 3.8) is 0 Å². The van der Waals surface area contributed by atoms with Gasteiger partial charge < -0.3 is 5.73 Å². The highest BCUT2D eigenvalue weighted by molar-refractivity contribution is 7.86. The number of hydrogen-bond acceptors (Lipinski definition) is 4. The molecule has 1 aromatic rings. The fourth-order valence-corrected chi connectivity index (χ4v) is 2.42. The van der Waals surface area contributed by atoms with Gasteiger partial charge in [-0.05, 0) is 6.92 Å². The molecule has 1 rings (SSSR count). The normalized spacial score (nSPS) is 13.4. The molecule has 56 valence electrons. The van der Waals surface area contributed by atoms with Crippen LogP contribution >= 0.6 is 11.3 Å². The zero-order chi connectivity index (χ0) is 7.72. The van der Waals surface area contributed by atoms with Gasteiger partial charge in [-0.3, -0.25) is 4.21 Å². The standard InChI is InChI=1S/C5H8N2OS2/c1-3-4(10(2)8)9-5(6)7-3/h1-2H3,(H2,6,7). The number of nitrogens with zero attached hydrogens (tertiary/aromatic N) is 1. The van der Waals surface area contributed by atoms with Crippen LogP contribution in [0, 0.1) is 6.92 Å². The lowest BCUT2D eigenvalue weighted by Crippen LogP contribution is -1.85. The predicted molar refractivity (Wildman–Crippen MR) is 43.6 cm³/mol. The van der Waals surface area contributed by atoms with Crippen LogP contribution in [-0.4, -0.2) is 15.4 Å². The van der Waals surface area contributed by atoms with Crippen molar-refractivity contribution >= 4 is 27.3 Å². The Morgan fingerprint density at radius 2 is 2.30 bits per heavy atom. The second-order valence-electron chi connectivity index (χ2n) is 1.88. The molecule has 0 saturated carbocycles. The largest absolute Gasteiger partial charge is 0.375 e. The summed E-state index contributed by atoms with van der Waals surface area (Å²) in [5.74, 6) is 0. The summed E-state index contributed by atoms with van der Waals surface area (Å²) in [6.07, 6.45) is 1.62. The molecule has 0 spiro atoms. The molecule has 3 nitrogen and oxygen atoms in total. The third-order valence-corrected chi connectivity index (χ3v) is 3.58. The maximum Gasteiger partial charge on any atom is 0.181 e. The van der Waals surface area contributed by atoms with Crippen LogP contribution in [0.2, 0.25) is 0 Å². The van der Waals surface area contributed by atoms with Crippen LogP contribution in [0.4, 0.5) is 5.13 Å². The molecule has 1 aromatic heterocycles. The monoisotopic (exact) mass is 176 g/mol. The minimum Gasteiger partial charge on any atom is -0.375 e. The fraction of sp³-hybridized carbons (Fsp3) is 0.400. The number of aryl methyl sites for hydroxylation is 1. The summed E-state index contributed by atoms with van der Waals surface area (Å²) in [7, 11) is -0.944. The molecule has 2 N–H and O–H groups in total. The molecule has 0 aliphatic rings. The van der Waals surface area contributed by atoms with Crippen LogP contribution in [0.1, 0.15) is 5.69 Å². The quantitative estimate of drug-likeness (QED) is 0.687. The number of nitrogen functional groups attached to an aromatic ring is 1. The number of nitrogens with two attached hydrogens (primary N) is 1. The molecular weight excluding hydrogens is 168 g/mol. The van der Waals surface area contributed by atoms with Crippen molar-refractivity contribution in [2.45, 2.75) is 11.1 Å². The molecule has 0 aliphatic carbocycles. The van der Waals surface area contributed by atoms with Gasteiger partial charge in [-0.2, -0.15) is 0 Å². The molecule has 5 heteroatoms. The van der Waals surface area contributed by atoms with Crippen LogP contribution in [0.25, 0.3) is 0 Å². The molecule has 10 heavy (non-hydrogen) atoms. The smallest absolute Gasteiger partial charge is 0.181 e. The van der Waals surface area contributed by atoms with E-state index in [1.54, 1.807) is 6.26 Å². The first kappa shape index (κ1) is 7.68. The number of thiazole rings is 1. The van der Waals surface area contributed by atoms with Crippen LogP contribution in [0.5, 0.6) is 0 Å². The van der Waals surface area contributed by atoms with Gasteiger partial charge in [-0.1, -0.05) is 11.3 Å². The van der Waals surface area contributed by atoms with Crippen LogP contribution in [0.15, 0.2) is 4.21 Å². The first-order valence-corrected chi connectivity index (χ1v) is 5.05. The van der Waals surface area contributed by atoms with Crippen molar-refractivity contribution in [2.24, 2.45) is 0 Å². The summed E-state index contributed by atoms with van der Waals surface area (Å²) in [5, 5.41) is 0.489. The summed E-state index contributed by atoms with van der Waals surface area (Å²) < 4.78 is 11.7. The number of aromatic nitrogens is 1. The zero-order valence-corrected chi connectivity index (χ0v) is 7.38. The third-order valence-electron chi connectivity index (χ3n) is 1.03. The first-order chi connectivity index (χ1) is 4.61. The molecule has 1 unspecified atom stereocenters. The van der Waals surface area contributed by atoms with E-state index in [2.05, 4.69) is 4.98 Å². The molecule has 0 radical (unpaired) electrons. The molecule has 0 bridgehead atoms. The third kappa shape index (κ3) is 1.35. The summed E-state index contributed by atoms with van der Waals surface area (Å²) >= 11 is 1.29. The van der Waals surface area contributed by atoms with Gasteiger partial charge in [0.15, 0.2) is 5.13 Å². The van der Waals surface area contributed by atoms with Crippen molar-refractivity contribution in [3.05, 3.63) is 5.69 Å². The Bertz CT molecular complexity index is 269. The Hall–Kier alpha value is -0.420. The molecular formula is C5H8N2OS2.